The first kappa shape index (κ1) is 20.1. The van der Waals surface area contributed by atoms with E-state index < -0.39 is 11.7 Å². The van der Waals surface area contributed by atoms with Gasteiger partial charge in [-0.25, -0.2) is 9.48 Å². The molecular weight excluding hydrogens is 377 g/mol. The van der Waals surface area contributed by atoms with Crippen LogP contribution >= 0.6 is 23.2 Å². The second-order valence-corrected chi connectivity index (χ2v) is 6.58. The van der Waals surface area contributed by atoms with Crippen LogP contribution in [0.25, 0.3) is 11.1 Å². The smallest absolute Gasteiger partial charge is 0.435 e. The molecule has 2 aromatic rings. The zero-order valence-corrected chi connectivity index (χ0v) is 16.2. The van der Waals surface area contributed by atoms with E-state index in [2.05, 4.69) is 6.58 Å². The Kier molecular flexibility index (Phi) is 6.56. The third-order valence-electron chi connectivity index (χ3n) is 4.06. The van der Waals surface area contributed by atoms with Crippen LogP contribution in [0.1, 0.15) is 32.7 Å². The summed E-state index contributed by atoms with van der Waals surface area (Å²) in [5.74, 6) is -0.0612. The van der Waals surface area contributed by atoms with Gasteiger partial charge < -0.3 is 10.5 Å². The van der Waals surface area contributed by atoms with Gasteiger partial charge in [-0.05, 0) is 31.9 Å². The summed E-state index contributed by atoms with van der Waals surface area (Å²) in [6.45, 7) is 7.42. The van der Waals surface area contributed by atoms with Gasteiger partial charge in [0.2, 0.25) is 0 Å². The molecule has 0 aliphatic carbocycles. The van der Waals surface area contributed by atoms with Gasteiger partial charge in [0, 0.05) is 5.56 Å². The van der Waals surface area contributed by atoms with Crippen LogP contribution in [0.2, 0.25) is 10.0 Å². The van der Waals surface area contributed by atoms with Crippen LogP contribution in [0.3, 0.4) is 0 Å². The maximum atomic E-state index is 13.1. The van der Waals surface area contributed by atoms with Crippen LogP contribution in [0.5, 0.6) is 0 Å². The van der Waals surface area contributed by atoms with Crippen molar-refractivity contribution in [1.82, 2.24) is 9.36 Å². The van der Waals surface area contributed by atoms with Crippen molar-refractivity contribution < 1.29 is 9.53 Å². The molecule has 1 atom stereocenters. The highest BCUT2D eigenvalue weighted by molar-refractivity contribution is 6.39. The van der Waals surface area contributed by atoms with Crippen molar-refractivity contribution in [2.45, 2.75) is 32.7 Å². The van der Waals surface area contributed by atoms with E-state index in [0.29, 0.717) is 18.4 Å². The number of nitrogens with zero attached hydrogens (tertiary/aromatic N) is 2. The fourth-order valence-corrected chi connectivity index (χ4v) is 3.14. The Bertz CT molecular complexity index is 866. The number of anilines is 1. The highest BCUT2D eigenvalue weighted by Gasteiger charge is 2.28. The topological polar surface area (TPSA) is 79.2 Å². The van der Waals surface area contributed by atoms with Crippen molar-refractivity contribution in [3.63, 3.8) is 0 Å². The van der Waals surface area contributed by atoms with Gasteiger partial charge >= 0.3 is 6.09 Å². The van der Waals surface area contributed by atoms with E-state index in [1.807, 2.05) is 13.8 Å². The molecule has 1 unspecified atom stereocenters. The van der Waals surface area contributed by atoms with Crippen molar-refractivity contribution in [2.75, 3.05) is 12.3 Å². The first-order chi connectivity index (χ1) is 12.3. The second-order valence-electron chi connectivity index (χ2n) is 5.77. The van der Waals surface area contributed by atoms with Gasteiger partial charge in [0.1, 0.15) is 5.82 Å². The summed E-state index contributed by atoms with van der Waals surface area (Å²) in [7, 11) is 0. The molecule has 0 spiro atoms. The molecular formula is C18H21Cl2N3O3. The third kappa shape index (κ3) is 3.66. The predicted octanol–water partition coefficient (Wildman–Crippen LogP) is 4.74. The van der Waals surface area contributed by atoms with E-state index in [-0.39, 0.29) is 34.1 Å². The minimum Gasteiger partial charge on any atom is -0.448 e. The van der Waals surface area contributed by atoms with Gasteiger partial charge in [-0.2, -0.15) is 4.68 Å². The van der Waals surface area contributed by atoms with Crippen molar-refractivity contribution in [3.8, 4) is 11.1 Å². The quantitative estimate of drug-likeness (QED) is 0.563. The van der Waals surface area contributed by atoms with E-state index in [1.165, 1.54) is 4.68 Å². The van der Waals surface area contributed by atoms with E-state index >= 15 is 0 Å². The lowest BCUT2D eigenvalue weighted by Gasteiger charge is -2.16. The van der Waals surface area contributed by atoms with Crippen molar-refractivity contribution in [1.29, 1.82) is 0 Å². The third-order valence-corrected chi connectivity index (χ3v) is 4.69. The minimum absolute atomic E-state index is 0.0612. The number of hydrogen-bond acceptors (Lipinski definition) is 4. The molecule has 0 aliphatic heterocycles. The lowest BCUT2D eigenvalue weighted by Crippen LogP contribution is -2.31. The highest BCUT2D eigenvalue weighted by Crippen LogP contribution is 2.36. The number of ether oxygens (including phenoxy) is 1. The molecule has 0 aliphatic rings. The zero-order chi connectivity index (χ0) is 19.4. The fraction of sp³-hybridized carbons (Fsp3) is 0.333. The van der Waals surface area contributed by atoms with Gasteiger partial charge in [0.15, 0.2) is 0 Å². The Balaban J connectivity index is 2.71. The standard InChI is InChI=1S/C18H21Cl2N3O3/c1-4-6-10-26-18(25)23-16(21)15(17(24)22(23)11(3)5-2)14-12(19)8-7-9-13(14)20/h4,7-9,11H,1,5-6,10,21H2,2-3H3. The summed E-state index contributed by atoms with van der Waals surface area (Å²) in [6.07, 6.45) is 1.99. The Labute approximate surface area is 161 Å². The lowest BCUT2D eigenvalue weighted by atomic mass is 10.1. The van der Waals surface area contributed by atoms with E-state index in [9.17, 15) is 9.59 Å². The SMILES string of the molecule is C=CCCOC(=O)n1c(N)c(-c2c(Cl)cccc2Cl)c(=O)n1C(C)CC. The zero-order valence-electron chi connectivity index (χ0n) is 14.7. The Morgan fingerprint density at radius 1 is 1.35 bits per heavy atom. The number of benzene rings is 1. The summed E-state index contributed by atoms with van der Waals surface area (Å²) >= 11 is 12.5. The Hall–Kier alpha value is -2.18. The molecule has 140 valence electrons. The monoisotopic (exact) mass is 397 g/mol. The molecule has 0 radical (unpaired) electrons. The second kappa shape index (κ2) is 8.47. The summed E-state index contributed by atoms with van der Waals surface area (Å²) < 4.78 is 7.52. The maximum Gasteiger partial charge on any atom is 0.435 e. The number of aromatic nitrogens is 2. The number of nitrogens with two attached hydrogens (primary N) is 1. The Morgan fingerprint density at radius 3 is 2.50 bits per heavy atom. The molecule has 6 nitrogen and oxygen atoms in total. The molecule has 0 fully saturated rings. The minimum atomic E-state index is -0.740. The van der Waals surface area contributed by atoms with Gasteiger partial charge in [0.25, 0.3) is 5.56 Å². The van der Waals surface area contributed by atoms with E-state index in [1.54, 1.807) is 24.3 Å². The van der Waals surface area contributed by atoms with Crippen LogP contribution in [0.15, 0.2) is 35.6 Å². The molecule has 8 heteroatoms. The predicted molar refractivity (Wildman–Crippen MR) is 105 cm³/mol. The summed E-state index contributed by atoms with van der Waals surface area (Å²) in [4.78, 5) is 25.6. The van der Waals surface area contributed by atoms with Crippen molar-refractivity contribution >= 4 is 35.1 Å². The normalized spacial score (nSPS) is 12.0. The van der Waals surface area contributed by atoms with Crippen LogP contribution in [0, 0.1) is 0 Å². The largest absolute Gasteiger partial charge is 0.448 e. The highest BCUT2D eigenvalue weighted by atomic mass is 35.5. The molecule has 1 heterocycles. The molecule has 2 rings (SSSR count). The van der Waals surface area contributed by atoms with Crippen LogP contribution in [-0.4, -0.2) is 22.1 Å². The number of rotatable bonds is 6. The average Bonchev–Trinajstić information content (AvgIpc) is 2.86. The molecule has 1 aromatic carbocycles. The van der Waals surface area contributed by atoms with Crippen LogP contribution in [0.4, 0.5) is 10.6 Å². The van der Waals surface area contributed by atoms with Gasteiger partial charge in [-0.15, -0.1) is 6.58 Å². The molecule has 0 saturated carbocycles. The van der Waals surface area contributed by atoms with Crippen molar-refractivity contribution in [2.24, 2.45) is 0 Å². The van der Waals surface area contributed by atoms with E-state index in [0.717, 1.165) is 4.68 Å². The lowest BCUT2D eigenvalue weighted by molar-refractivity contribution is 0.140. The first-order valence-corrected chi connectivity index (χ1v) is 8.96. The fourth-order valence-electron chi connectivity index (χ4n) is 2.56. The molecule has 0 saturated heterocycles. The number of carbonyl (C=O) groups is 1. The molecule has 26 heavy (non-hydrogen) atoms. The van der Waals surface area contributed by atoms with Crippen LogP contribution < -0.4 is 11.3 Å². The number of hydrogen-bond donors (Lipinski definition) is 1. The van der Waals surface area contributed by atoms with Gasteiger partial charge in [-0.3, -0.25) is 4.79 Å². The molecule has 2 N–H and O–H groups in total. The number of nitrogen functional groups attached to an aromatic ring is 1. The average molecular weight is 398 g/mol. The van der Waals surface area contributed by atoms with Gasteiger partial charge in [-0.1, -0.05) is 42.3 Å². The molecule has 0 amide bonds. The molecule has 1 aromatic heterocycles. The summed E-state index contributed by atoms with van der Waals surface area (Å²) in [5, 5.41) is 0.546. The van der Waals surface area contributed by atoms with Crippen LogP contribution in [-0.2, 0) is 4.74 Å². The molecule has 0 bridgehead atoms. The van der Waals surface area contributed by atoms with Crippen molar-refractivity contribution in [3.05, 3.63) is 51.3 Å². The number of halogens is 2. The van der Waals surface area contributed by atoms with E-state index in [4.69, 9.17) is 33.7 Å². The summed E-state index contributed by atoms with van der Waals surface area (Å²) in [6, 6.07) is 4.59. The first-order valence-electron chi connectivity index (χ1n) is 8.20. The summed E-state index contributed by atoms with van der Waals surface area (Å²) in [5.41, 5.74) is 6.11. The Morgan fingerprint density at radius 2 is 1.96 bits per heavy atom. The van der Waals surface area contributed by atoms with Gasteiger partial charge in [0.05, 0.1) is 28.3 Å². The number of carbonyl (C=O) groups excluding carboxylic acids is 1. The maximum absolute atomic E-state index is 13.1.